The van der Waals surface area contributed by atoms with Gasteiger partial charge in [-0.2, -0.15) is 0 Å². The van der Waals surface area contributed by atoms with Crippen LogP contribution in [0.2, 0.25) is 0 Å². The summed E-state index contributed by atoms with van der Waals surface area (Å²) >= 11 is 1.39. The Kier molecular flexibility index (Phi) is 6.56. The number of hydrogen-bond acceptors (Lipinski definition) is 2. The van der Waals surface area contributed by atoms with Crippen LogP contribution in [0.1, 0.15) is 55.3 Å². The molecule has 1 saturated heterocycles. The van der Waals surface area contributed by atoms with E-state index in [0.717, 1.165) is 23.4 Å². The molecule has 1 atom stereocenters. The van der Waals surface area contributed by atoms with E-state index in [1.54, 1.807) is 0 Å². The van der Waals surface area contributed by atoms with Gasteiger partial charge in [0.1, 0.15) is 0 Å². The summed E-state index contributed by atoms with van der Waals surface area (Å²) in [5, 5.41) is 0.175. The average Bonchev–Trinajstić information content (AvgIpc) is 2.95. The van der Waals surface area contributed by atoms with Gasteiger partial charge in [-0.05, 0) is 42.3 Å². The normalized spacial score (nSPS) is 18.7. The van der Waals surface area contributed by atoms with Gasteiger partial charge in [-0.1, -0.05) is 86.3 Å². The third kappa shape index (κ3) is 4.59. The molecule has 0 spiro atoms. The molecule has 1 fully saturated rings. The van der Waals surface area contributed by atoms with E-state index in [2.05, 4.69) is 61.2 Å². The number of unbranched alkanes of at least 4 members (excludes halogenated alkanes) is 3. The van der Waals surface area contributed by atoms with Gasteiger partial charge >= 0.3 is 0 Å². The molecule has 1 aliphatic rings. The van der Waals surface area contributed by atoms with E-state index in [0.29, 0.717) is 0 Å². The first-order valence-corrected chi connectivity index (χ1v) is 10.3. The Balaban J connectivity index is 1.89. The van der Waals surface area contributed by atoms with Crippen LogP contribution >= 0.6 is 11.8 Å². The lowest BCUT2D eigenvalue weighted by atomic mass is 10.0. The van der Waals surface area contributed by atoms with E-state index in [1.165, 1.54) is 42.2 Å². The van der Waals surface area contributed by atoms with Crippen LogP contribution < -0.4 is 0 Å². The monoisotopic (exact) mass is 365 g/mol. The summed E-state index contributed by atoms with van der Waals surface area (Å²) in [6, 6.07) is 18.9. The van der Waals surface area contributed by atoms with Crippen LogP contribution in [-0.2, 0) is 0 Å². The molecule has 0 bridgehead atoms. The molecule has 1 amide bonds. The number of amides is 1. The van der Waals surface area contributed by atoms with Gasteiger partial charge in [0.05, 0.1) is 6.04 Å². The lowest BCUT2D eigenvalue weighted by molar-refractivity contribution is 0.213. The van der Waals surface area contributed by atoms with Crippen LogP contribution in [0.3, 0.4) is 0 Å². The SMILES string of the molecule is CCCCCCN1C(=O)S/C(=C\c2ccccc2)C1c1ccc(C)cc1. The molecule has 0 aliphatic carbocycles. The highest BCUT2D eigenvalue weighted by Gasteiger charge is 2.36. The second kappa shape index (κ2) is 9.09. The highest BCUT2D eigenvalue weighted by molar-refractivity contribution is 8.17. The van der Waals surface area contributed by atoms with Crippen LogP contribution in [0.5, 0.6) is 0 Å². The van der Waals surface area contributed by atoms with Gasteiger partial charge in [0.15, 0.2) is 0 Å². The summed E-state index contributed by atoms with van der Waals surface area (Å²) < 4.78 is 0. The minimum Gasteiger partial charge on any atom is -0.322 e. The third-order valence-corrected chi connectivity index (χ3v) is 5.76. The fourth-order valence-electron chi connectivity index (χ4n) is 3.32. The van der Waals surface area contributed by atoms with Crippen LogP contribution in [0.15, 0.2) is 59.5 Å². The van der Waals surface area contributed by atoms with E-state index in [9.17, 15) is 4.79 Å². The first-order valence-electron chi connectivity index (χ1n) is 9.50. The first-order chi connectivity index (χ1) is 12.7. The van der Waals surface area contributed by atoms with E-state index in [4.69, 9.17) is 0 Å². The van der Waals surface area contributed by atoms with Crippen molar-refractivity contribution in [3.8, 4) is 0 Å². The molecule has 1 heterocycles. The molecule has 26 heavy (non-hydrogen) atoms. The minimum absolute atomic E-state index is 0.0370. The molecule has 0 radical (unpaired) electrons. The lowest BCUT2D eigenvalue weighted by Gasteiger charge is -2.25. The molecule has 0 aromatic heterocycles. The van der Waals surface area contributed by atoms with Crippen molar-refractivity contribution in [1.29, 1.82) is 0 Å². The zero-order chi connectivity index (χ0) is 18.4. The Morgan fingerprint density at radius 2 is 1.73 bits per heavy atom. The van der Waals surface area contributed by atoms with Crippen molar-refractivity contribution in [2.45, 2.75) is 45.6 Å². The number of hydrogen-bond donors (Lipinski definition) is 0. The van der Waals surface area contributed by atoms with E-state index < -0.39 is 0 Å². The van der Waals surface area contributed by atoms with Crippen LogP contribution in [0, 0.1) is 6.92 Å². The zero-order valence-electron chi connectivity index (χ0n) is 15.7. The maximum Gasteiger partial charge on any atom is 0.287 e. The second-order valence-electron chi connectivity index (χ2n) is 6.89. The van der Waals surface area contributed by atoms with Crippen molar-refractivity contribution in [2.75, 3.05) is 6.54 Å². The van der Waals surface area contributed by atoms with Crippen LogP contribution in [-0.4, -0.2) is 16.7 Å². The van der Waals surface area contributed by atoms with Crippen LogP contribution in [0.25, 0.3) is 6.08 Å². The van der Waals surface area contributed by atoms with Gasteiger partial charge < -0.3 is 4.90 Å². The maximum atomic E-state index is 12.7. The molecule has 0 saturated carbocycles. The molecule has 2 nitrogen and oxygen atoms in total. The van der Waals surface area contributed by atoms with Gasteiger partial charge in [0, 0.05) is 11.4 Å². The minimum atomic E-state index is 0.0370. The Hall–Kier alpha value is -2.00. The number of carbonyl (C=O) groups is 1. The fraction of sp³-hybridized carbons (Fsp3) is 0.348. The molecule has 2 aromatic rings. The van der Waals surface area contributed by atoms with Crippen molar-refractivity contribution < 1.29 is 4.79 Å². The van der Waals surface area contributed by atoms with Crippen molar-refractivity contribution in [3.05, 3.63) is 76.2 Å². The second-order valence-corrected chi connectivity index (χ2v) is 7.92. The maximum absolute atomic E-state index is 12.7. The number of thioether (sulfide) groups is 1. The molecule has 2 aromatic carbocycles. The molecule has 1 unspecified atom stereocenters. The summed E-state index contributed by atoms with van der Waals surface area (Å²) in [4.78, 5) is 15.9. The summed E-state index contributed by atoms with van der Waals surface area (Å²) in [5.41, 5.74) is 3.59. The number of carbonyl (C=O) groups excluding carboxylic acids is 1. The molecular formula is C23H27NOS. The number of rotatable bonds is 7. The molecule has 3 rings (SSSR count). The molecular weight excluding hydrogens is 338 g/mol. The highest BCUT2D eigenvalue weighted by Crippen LogP contribution is 2.46. The number of aryl methyl sites for hydroxylation is 1. The summed E-state index contributed by atoms with van der Waals surface area (Å²) in [5.74, 6) is 0. The fourth-order valence-corrected chi connectivity index (χ4v) is 4.40. The Morgan fingerprint density at radius 3 is 2.42 bits per heavy atom. The lowest BCUT2D eigenvalue weighted by Crippen LogP contribution is -2.27. The van der Waals surface area contributed by atoms with Crippen molar-refractivity contribution in [3.63, 3.8) is 0 Å². The largest absolute Gasteiger partial charge is 0.322 e. The molecule has 0 N–H and O–H groups in total. The first kappa shape index (κ1) is 18.8. The van der Waals surface area contributed by atoms with Gasteiger partial charge in [0.2, 0.25) is 0 Å². The van der Waals surface area contributed by atoms with Gasteiger partial charge in [0.25, 0.3) is 5.24 Å². The van der Waals surface area contributed by atoms with Crippen LogP contribution in [0.4, 0.5) is 4.79 Å². The summed E-state index contributed by atoms with van der Waals surface area (Å²) in [6.07, 6.45) is 6.86. The van der Waals surface area contributed by atoms with E-state index in [1.807, 2.05) is 18.2 Å². The van der Waals surface area contributed by atoms with Gasteiger partial charge in [-0.15, -0.1) is 0 Å². The van der Waals surface area contributed by atoms with Crippen molar-refractivity contribution in [1.82, 2.24) is 4.90 Å². The Morgan fingerprint density at radius 1 is 1.00 bits per heavy atom. The summed E-state index contributed by atoms with van der Waals surface area (Å²) in [7, 11) is 0. The molecule has 3 heteroatoms. The highest BCUT2D eigenvalue weighted by atomic mass is 32.2. The smallest absolute Gasteiger partial charge is 0.287 e. The van der Waals surface area contributed by atoms with Gasteiger partial charge in [-0.25, -0.2) is 0 Å². The van der Waals surface area contributed by atoms with Crippen molar-refractivity contribution >= 4 is 23.1 Å². The number of nitrogens with zero attached hydrogens (tertiary/aromatic N) is 1. The standard InChI is InChI=1S/C23H27NOS/c1-3-4-5-9-16-24-22(20-14-12-18(2)13-15-20)21(26-23(24)25)17-19-10-7-6-8-11-19/h6-8,10-15,17,22H,3-5,9,16H2,1-2H3/b21-17-. The average molecular weight is 366 g/mol. The summed E-state index contributed by atoms with van der Waals surface area (Å²) in [6.45, 7) is 5.14. The van der Waals surface area contributed by atoms with E-state index >= 15 is 0 Å². The quantitative estimate of drug-likeness (QED) is 0.501. The number of benzene rings is 2. The van der Waals surface area contributed by atoms with Crippen molar-refractivity contribution in [2.24, 2.45) is 0 Å². The Bertz CT molecular complexity index is 752. The predicted molar refractivity (Wildman–Crippen MR) is 112 cm³/mol. The topological polar surface area (TPSA) is 20.3 Å². The molecule has 1 aliphatic heterocycles. The van der Waals surface area contributed by atoms with Gasteiger partial charge in [-0.3, -0.25) is 4.79 Å². The predicted octanol–water partition coefficient (Wildman–Crippen LogP) is 6.83. The Labute approximate surface area is 161 Å². The molecule has 136 valence electrons. The third-order valence-electron chi connectivity index (χ3n) is 4.77. The van der Waals surface area contributed by atoms with E-state index in [-0.39, 0.29) is 11.3 Å². The zero-order valence-corrected chi connectivity index (χ0v) is 16.5.